The Hall–Kier alpha value is -0.130. The van der Waals surface area contributed by atoms with Gasteiger partial charge in [0.1, 0.15) is 0 Å². The van der Waals surface area contributed by atoms with Crippen molar-refractivity contribution in [3.63, 3.8) is 0 Å². The lowest BCUT2D eigenvalue weighted by Gasteiger charge is -2.32. The number of nitrogens with two attached hydrogens (primary N) is 1. The second-order valence-corrected chi connectivity index (χ2v) is 6.69. The lowest BCUT2D eigenvalue weighted by molar-refractivity contribution is 0.298. The fraction of sp³-hybridized carbons (Fsp3) is 1.00. The summed E-state index contributed by atoms with van der Waals surface area (Å²) in [5, 5.41) is 8.13. The monoisotopic (exact) mass is 232 g/mol. The first-order valence-corrected chi connectivity index (χ1v) is 7.43. The van der Waals surface area contributed by atoms with Crippen molar-refractivity contribution in [3.8, 4) is 0 Å². The normalized spacial score (nSPS) is 34.5. The molecule has 2 fully saturated rings. The second kappa shape index (κ2) is 4.39. The highest BCUT2D eigenvalue weighted by atomic mass is 32.2. The molecule has 3 N–H and O–H groups in total. The van der Waals surface area contributed by atoms with Crippen molar-refractivity contribution in [2.75, 3.05) is 6.54 Å². The summed E-state index contributed by atoms with van der Waals surface area (Å²) in [7, 11) is -3.34. The van der Waals surface area contributed by atoms with Crippen LogP contribution in [0.25, 0.3) is 0 Å². The van der Waals surface area contributed by atoms with E-state index in [9.17, 15) is 8.42 Å². The first-order valence-electron chi connectivity index (χ1n) is 5.82. The number of primary sulfonamides is 1. The van der Waals surface area contributed by atoms with Gasteiger partial charge in [-0.3, -0.25) is 0 Å². The lowest BCUT2D eigenvalue weighted by atomic mass is 9.91. The van der Waals surface area contributed by atoms with Crippen LogP contribution in [0.5, 0.6) is 0 Å². The maximum absolute atomic E-state index is 11.2. The molecule has 0 spiro atoms. The Morgan fingerprint density at radius 3 is 2.20 bits per heavy atom. The Bertz CT molecular complexity index is 301. The van der Waals surface area contributed by atoms with Crippen molar-refractivity contribution in [3.05, 3.63) is 0 Å². The van der Waals surface area contributed by atoms with Crippen LogP contribution in [-0.4, -0.2) is 26.3 Å². The van der Waals surface area contributed by atoms with Gasteiger partial charge in [0.2, 0.25) is 10.0 Å². The molecule has 0 radical (unpaired) electrons. The molecule has 2 aliphatic rings. The average Bonchev–Trinajstić information content (AvgIpc) is 2.69. The molecule has 1 saturated carbocycles. The van der Waals surface area contributed by atoms with E-state index < -0.39 is 10.0 Å². The summed E-state index contributed by atoms with van der Waals surface area (Å²) < 4.78 is 22.3. The number of piperidine rings is 1. The van der Waals surface area contributed by atoms with Crippen LogP contribution >= 0.6 is 0 Å². The molecular formula is C10H20N2O2S. The van der Waals surface area contributed by atoms with E-state index in [1.54, 1.807) is 0 Å². The number of hydrogen-bond donors (Lipinski definition) is 2. The third-order valence-corrected chi connectivity index (χ3v) is 5.17. The summed E-state index contributed by atoms with van der Waals surface area (Å²) in [6.07, 6.45) is 6.97. The Kier molecular flexibility index (Phi) is 3.33. The number of nitrogens with one attached hydrogen (secondary N) is 1. The zero-order chi connectivity index (χ0) is 10.9. The predicted octanol–water partition coefficient (Wildman–Crippen LogP) is 0.586. The SMILES string of the molecule is NS(=O)(=O)C1CCC(C2CCCC2)NC1. The van der Waals surface area contributed by atoms with Crippen molar-refractivity contribution in [2.24, 2.45) is 11.1 Å². The summed E-state index contributed by atoms with van der Waals surface area (Å²) >= 11 is 0. The van der Waals surface area contributed by atoms with Gasteiger partial charge in [-0.2, -0.15) is 0 Å². The molecular weight excluding hydrogens is 212 g/mol. The van der Waals surface area contributed by atoms with Crippen LogP contribution in [-0.2, 0) is 10.0 Å². The molecule has 0 aromatic rings. The summed E-state index contributed by atoms with van der Waals surface area (Å²) in [4.78, 5) is 0. The molecule has 1 aliphatic carbocycles. The quantitative estimate of drug-likeness (QED) is 0.731. The molecule has 88 valence electrons. The topological polar surface area (TPSA) is 72.2 Å². The van der Waals surface area contributed by atoms with Crippen LogP contribution in [0.3, 0.4) is 0 Å². The molecule has 0 amide bonds. The minimum absolute atomic E-state index is 0.366. The summed E-state index contributed by atoms with van der Waals surface area (Å²) in [6, 6.07) is 0.533. The molecule has 0 bridgehead atoms. The van der Waals surface area contributed by atoms with Crippen LogP contribution < -0.4 is 10.5 Å². The third kappa shape index (κ3) is 2.71. The average molecular weight is 232 g/mol. The third-order valence-electron chi connectivity index (χ3n) is 3.84. The molecule has 2 unspecified atom stereocenters. The lowest BCUT2D eigenvalue weighted by Crippen LogP contribution is -2.49. The van der Waals surface area contributed by atoms with E-state index in [1.165, 1.54) is 25.7 Å². The van der Waals surface area contributed by atoms with Crippen molar-refractivity contribution in [1.82, 2.24) is 5.32 Å². The summed E-state index contributed by atoms with van der Waals surface area (Å²) in [5.74, 6) is 0.770. The van der Waals surface area contributed by atoms with Gasteiger partial charge in [-0.1, -0.05) is 12.8 Å². The molecule has 4 nitrogen and oxygen atoms in total. The van der Waals surface area contributed by atoms with E-state index >= 15 is 0 Å². The Morgan fingerprint density at radius 1 is 1.07 bits per heavy atom. The first kappa shape index (κ1) is 11.4. The zero-order valence-electron chi connectivity index (χ0n) is 8.98. The van der Waals surface area contributed by atoms with Gasteiger partial charge in [0, 0.05) is 12.6 Å². The van der Waals surface area contributed by atoms with Gasteiger partial charge in [0.15, 0.2) is 0 Å². The summed E-state index contributed by atoms with van der Waals surface area (Å²) in [5.41, 5.74) is 0. The van der Waals surface area contributed by atoms with Crippen molar-refractivity contribution >= 4 is 10.0 Å². The molecule has 0 aromatic carbocycles. The largest absolute Gasteiger partial charge is 0.312 e. The molecule has 2 atom stereocenters. The summed E-state index contributed by atoms with van der Waals surface area (Å²) in [6.45, 7) is 0.542. The van der Waals surface area contributed by atoms with Crippen LogP contribution in [0.4, 0.5) is 0 Å². The van der Waals surface area contributed by atoms with E-state index in [1.807, 2.05) is 0 Å². The minimum atomic E-state index is -3.34. The van der Waals surface area contributed by atoms with Gasteiger partial charge < -0.3 is 5.32 Å². The van der Waals surface area contributed by atoms with Crippen LogP contribution in [0.1, 0.15) is 38.5 Å². The number of sulfonamides is 1. The van der Waals surface area contributed by atoms with E-state index in [0.29, 0.717) is 12.6 Å². The Balaban J connectivity index is 1.86. The molecule has 5 heteroatoms. The fourth-order valence-electron chi connectivity index (χ4n) is 2.89. The van der Waals surface area contributed by atoms with Gasteiger partial charge in [-0.05, 0) is 31.6 Å². The number of hydrogen-bond acceptors (Lipinski definition) is 3. The van der Waals surface area contributed by atoms with Gasteiger partial charge >= 0.3 is 0 Å². The molecule has 1 heterocycles. The zero-order valence-corrected chi connectivity index (χ0v) is 9.80. The Labute approximate surface area is 91.7 Å². The molecule has 2 rings (SSSR count). The maximum atomic E-state index is 11.2. The van der Waals surface area contributed by atoms with Gasteiger partial charge in [0.05, 0.1) is 5.25 Å². The van der Waals surface area contributed by atoms with Crippen molar-refractivity contribution in [1.29, 1.82) is 0 Å². The number of rotatable bonds is 2. The van der Waals surface area contributed by atoms with Crippen LogP contribution in [0, 0.1) is 5.92 Å². The molecule has 0 aromatic heterocycles. The maximum Gasteiger partial charge on any atom is 0.213 e. The highest BCUT2D eigenvalue weighted by Crippen LogP contribution is 2.31. The van der Waals surface area contributed by atoms with E-state index in [4.69, 9.17) is 5.14 Å². The smallest absolute Gasteiger partial charge is 0.213 e. The van der Waals surface area contributed by atoms with Crippen LogP contribution in [0.15, 0.2) is 0 Å². The predicted molar refractivity (Wildman–Crippen MR) is 59.9 cm³/mol. The van der Waals surface area contributed by atoms with Crippen molar-refractivity contribution in [2.45, 2.75) is 49.8 Å². The van der Waals surface area contributed by atoms with Gasteiger partial charge in [-0.25, -0.2) is 13.6 Å². The van der Waals surface area contributed by atoms with Gasteiger partial charge in [0.25, 0.3) is 0 Å². The fourth-order valence-corrected chi connectivity index (χ4v) is 3.69. The van der Waals surface area contributed by atoms with Crippen LogP contribution in [0.2, 0.25) is 0 Å². The van der Waals surface area contributed by atoms with E-state index in [-0.39, 0.29) is 5.25 Å². The highest BCUT2D eigenvalue weighted by Gasteiger charge is 2.32. The first-order chi connectivity index (χ1) is 7.07. The molecule has 1 aliphatic heterocycles. The minimum Gasteiger partial charge on any atom is -0.312 e. The molecule has 1 saturated heterocycles. The highest BCUT2D eigenvalue weighted by molar-refractivity contribution is 7.89. The van der Waals surface area contributed by atoms with Crippen molar-refractivity contribution < 1.29 is 8.42 Å². The second-order valence-electron chi connectivity index (χ2n) is 4.85. The van der Waals surface area contributed by atoms with E-state index in [0.717, 1.165) is 18.8 Å². The Morgan fingerprint density at radius 2 is 1.73 bits per heavy atom. The molecule has 15 heavy (non-hydrogen) atoms. The van der Waals surface area contributed by atoms with E-state index in [2.05, 4.69) is 5.32 Å². The standard InChI is InChI=1S/C10H20N2O2S/c11-15(13,14)9-5-6-10(12-7-9)8-3-1-2-4-8/h8-10,12H,1-7H2,(H2,11,13,14). The van der Waals surface area contributed by atoms with Gasteiger partial charge in [-0.15, -0.1) is 0 Å².